The third kappa shape index (κ3) is 5.25. The number of aromatic nitrogens is 2. The summed E-state index contributed by atoms with van der Waals surface area (Å²) in [4.78, 5) is 27.4. The van der Waals surface area contributed by atoms with Gasteiger partial charge in [0.25, 0.3) is 0 Å². The van der Waals surface area contributed by atoms with Crippen LogP contribution in [0.25, 0.3) is 0 Å². The first kappa shape index (κ1) is 21.4. The maximum absolute atomic E-state index is 12.7. The molecule has 2 aliphatic heterocycles. The zero-order valence-electron chi connectivity index (χ0n) is 17.0. The first-order valence-corrected chi connectivity index (χ1v) is 10.2. The van der Waals surface area contributed by atoms with E-state index in [2.05, 4.69) is 19.8 Å². The molecule has 0 unspecified atom stereocenters. The van der Waals surface area contributed by atoms with Gasteiger partial charge >= 0.3 is 6.18 Å². The van der Waals surface area contributed by atoms with Crippen molar-refractivity contribution in [1.82, 2.24) is 14.9 Å². The summed E-state index contributed by atoms with van der Waals surface area (Å²) in [7, 11) is 0. The van der Waals surface area contributed by atoms with Gasteiger partial charge in [-0.15, -0.1) is 0 Å². The number of amides is 1. The molecule has 0 atom stereocenters. The average molecular weight is 435 g/mol. The molecule has 2 saturated heterocycles. The Labute approximate surface area is 178 Å². The van der Waals surface area contributed by atoms with Crippen LogP contribution in [0.1, 0.15) is 11.1 Å². The zero-order chi connectivity index (χ0) is 21.8. The molecule has 1 aromatic carbocycles. The van der Waals surface area contributed by atoms with Crippen LogP contribution in [-0.4, -0.2) is 73.3 Å². The summed E-state index contributed by atoms with van der Waals surface area (Å²) < 4.78 is 43.4. The Balaban J connectivity index is 1.32. The van der Waals surface area contributed by atoms with Crippen molar-refractivity contribution in [2.75, 3.05) is 62.3 Å². The van der Waals surface area contributed by atoms with E-state index in [1.807, 2.05) is 6.07 Å². The molecule has 4 rings (SSSR count). The minimum Gasteiger partial charge on any atom is -0.378 e. The summed E-state index contributed by atoms with van der Waals surface area (Å²) in [6.07, 6.45) is -2.73. The number of hydrogen-bond donors (Lipinski definition) is 0. The van der Waals surface area contributed by atoms with E-state index in [0.717, 1.165) is 36.9 Å². The van der Waals surface area contributed by atoms with Crippen molar-refractivity contribution < 1.29 is 22.7 Å². The number of benzene rings is 1. The molecule has 31 heavy (non-hydrogen) atoms. The number of halogens is 3. The number of morpholine rings is 1. The summed E-state index contributed by atoms with van der Waals surface area (Å²) >= 11 is 0. The Bertz CT molecular complexity index is 893. The molecule has 0 bridgehead atoms. The number of carbonyl (C=O) groups excluding carboxylic acids is 1. The summed E-state index contributed by atoms with van der Waals surface area (Å²) in [5.41, 5.74) is -0.134. The minimum absolute atomic E-state index is 0.0869. The summed E-state index contributed by atoms with van der Waals surface area (Å²) in [6, 6.07) is 6.73. The van der Waals surface area contributed by atoms with Crippen molar-refractivity contribution in [1.29, 1.82) is 0 Å². The number of nitrogens with zero attached hydrogens (tertiary/aromatic N) is 5. The van der Waals surface area contributed by atoms with Crippen molar-refractivity contribution in [3.05, 3.63) is 47.8 Å². The highest BCUT2D eigenvalue weighted by molar-refractivity contribution is 5.79. The summed E-state index contributed by atoms with van der Waals surface area (Å²) in [5.74, 6) is 1.61. The van der Waals surface area contributed by atoms with Gasteiger partial charge in [-0.2, -0.15) is 13.2 Å². The standard InChI is InChI=1S/C21H24F3N5O2/c22-21(23,24)17-3-1-16(2-4-17)13-20(30)29-7-5-27(6-8-29)18-14-19(26-15-25-18)28-9-11-31-12-10-28/h1-4,14-15H,5-13H2. The minimum atomic E-state index is -4.37. The third-order valence-corrected chi connectivity index (χ3v) is 5.57. The quantitative estimate of drug-likeness (QED) is 0.734. The number of piperazine rings is 1. The van der Waals surface area contributed by atoms with E-state index in [0.29, 0.717) is 45.0 Å². The number of ether oxygens (including phenoxy) is 1. The topological polar surface area (TPSA) is 61.8 Å². The lowest BCUT2D eigenvalue weighted by Crippen LogP contribution is -2.49. The average Bonchev–Trinajstić information content (AvgIpc) is 2.79. The molecular formula is C21H24F3N5O2. The van der Waals surface area contributed by atoms with Crippen molar-refractivity contribution in [2.24, 2.45) is 0 Å². The number of rotatable bonds is 4. The molecule has 2 fully saturated rings. The van der Waals surface area contributed by atoms with Crippen LogP contribution in [0.4, 0.5) is 24.8 Å². The van der Waals surface area contributed by atoms with Gasteiger partial charge in [0.2, 0.25) is 5.91 Å². The molecule has 166 valence electrons. The molecule has 3 heterocycles. The number of hydrogen-bond acceptors (Lipinski definition) is 6. The molecular weight excluding hydrogens is 411 g/mol. The molecule has 2 aromatic rings. The number of alkyl halides is 3. The van der Waals surface area contributed by atoms with Crippen LogP contribution in [0.2, 0.25) is 0 Å². The van der Waals surface area contributed by atoms with Crippen LogP contribution in [0.3, 0.4) is 0 Å². The lowest BCUT2D eigenvalue weighted by atomic mass is 10.1. The van der Waals surface area contributed by atoms with Gasteiger partial charge in [0.1, 0.15) is 18.0 Å². The van der Waals surface area contributed by atoms with E-state index in [1.165, 1.54) is 12.1 Å². The molecule has 0 saturated carbocycles. The Morgan fingerprint density at radius 3 is 2.06 bits per heavy atom. The number of anilines is 2. The fourth-order valence-electron chi connectivity index (χ4n) is 3.76. The largest absolute Gasteiger partial charge is 0.416 e. The van der Waals surface area contributed by atoms with Crippen LogP contribution in [0.5, 0.6) is 0 Å². The molecule has 7 nitrogen and oxygen atoms in total. The third-order valence-electron chi connectivity index (χ3n) is 5.57. The first-order chi connectivity index (χ1) is 14.9. The molecule has 1 aromatic heterocycles. The van der Waals surface area contributed by atoms with Crippen LogP contribution in [-0.2, 0) is 22.1 Å². The van der Waals surface area contributed by atoms with Crippen molar-refractivity contribution >= 4 is 17.5 Å². The van der Waals surface area contributed by atoms with Crippen LogP contribution in [0, 0.1) is 0 Å². The molecule has 0 spiro atoms. The van der Waals surface area contributed by atoms with Gasteiger partial charge in [0, 0.05) is 45.3 Å². The van der Waals surface area contributed by atoms with Crippen LogP contribution < -0.4 is 9.80 Å². The fourth-order valence-corrected chi connectivity index (χ4v) is 3.76. The lowest BCUT2D eigenvalue weighted by molar-refractivity contribution is -0.137. The normalized spacial score (nSPS) is 17.7. The van der Waals surface area contributed by atoms with Crippen molar-refractivity contribution in [3.8, 4) is 0 Å². The van der Waals surface area contributed by atoms with E-state index >= 15 is 0 Å². The lowest BCUT2D eigenvalue weighted by Gasteiger charge is -2.36. The smallest absolute Gasteiger partial charge is 0.378 e. The van der Waals surface area contributed by atoms with E-state index in [4.69, 9.17) is 4.74 Å². The monoisotopic (exact) mass is 435 g/mol. The second kappa shape index (κ2) is 9.09. The molecule has 2 aliphatic rings. The summed E-state index contributed by atoms with van der Waals surface area (Å²) in [5, 5.41) is 0. The molecule has 1 amide bonds. The van der Waals surface area contributed by atoms with Gasteiger partial charge in [-0.25, -0.2) is 9.97 Å². The van der Waals surface area contributed by atoms with Crippen molar-refractivity contribution in [2.45, 2.75) is 12.6 Å². The Morgan fingerprint density at radius 1 is 0.903 bits per heavy atom. The highest BCUT2D eigenvalue weighted by Gasteiger charge is 2.30. The van der Waals surface area contributed by atoms with Gasteiger partial charge in [0.15, 0.2) is 0 Å². The summed E-state index contributed by atoms with van der Waals surface area (Å²) in [6.45, 7) is 5.30. The van der Waals surface area contributed by atoms with Gasteiger partial charge in [-0.3, -0.25) is 4.79 Å². The Morgan fingerprint density at radius 2 is 1.48 bits per heavy atom. The predicted molar refractivity (Wildman–Crippen MR) is 109 cm³/mol. The van der Waals surface area contributed by atoms with E-state index in [9.17, 15) is 18.0 Å². The van der Waals surface area contributed by atoms with Gasteiger partial charge in [-0.1, -0.05) is 12.1 Å². The maximum Gasteiger partial charge on any atom is 0.416 e. The number of carbonyl (C=O) groups is 1. The zero-order valence-corrected chi connectivity index (χ0v) is 17.0. The SMILES string of the molecule is O=C(Cc1ccc(C(F)(F)F)cc1)N1CCN(c2cc(N3CCOCC3)ncn2)CC1. The van der Waals surface area contributed by atoms with Gasteiger partial charge in [0.05, 0.1) is 25.2 Å². The highest BCUT2D eigenvalue weighted by atomic mass is 19.4. The molecule has 0 N–H and O–H groups in total. The van der Waals surface area contributed by atoms with E-state index in [1.54, 1.807) is 11.2 Å². The second-order valence-corrected chi connectivity index (χ2v) is 7.57. The van der Waals surface area contributed by atoms with Crippen LogP contribution in [0.15, 0.2) is 36.7 Å². The highest BCUT2D eigenvalue weighted by Crippen LogP contribution is 2.29. The first-order valence-electron chi connectivity index (χ1n) is 10.2. The van der Waals surface area contributed by atoms with Crippen LogP contribution >= 0.6 is 0 Å². The van der Waals surface area contributed by atoms with E-state index < -0.39 is 11.7 Å². The Kier molecular flexibility index (Phi) is 6.26. The van der Waals surface area contributed by atoms with Gasteiger partial charge < -0.3 is 19.4 Å². The van der Waals surface area contributed by atoms with Crippen molar-refractivity contribution in [3.63, 3.8) is 0 Å². The fraction of sp³-hybridized carbons (Fsp3) is 0.476. The van der Waals surface area contributed by atoms with Gasteiger partial charge in [-0.05, 0) is 17.7 Å². The molecule has 10 heteroatoms. The van der Waals surface area contributed by atoms with E-state index in [-0.39, 0.29) is 12.3 Å². The molecule has 0 radical (unpaired) electrons. The maximum atomic E-state index is 12.7. The second-order valence-electron chi connectivity index (χ2n) is 7.57. The predicted octanol–water partition coefficient (Wildman–Crippen LogP) is 2.22. The molecule has 0 aliphatic carbocycles. The Hall–Kier alpha value is -2.88.